The summed E-state index contributed by atoms with van der Waals surface area (Å²) in [5, 5.41) is 7.21. The van der Waals surface area contributed by atoms with Gasteiger partial charge in [0.05, 0.1) is 0 Å². The molecule has 1 aliphatic heterocycles. The molecule has 3 rings (SSSR count). The molecule has 0 radical (unpaired) electrons. The molecule has 26 heavy (non-hydrogen) atoms. The van der Waals surface area contributed by atoms with Crippen LogP contribution in [0.3, 0.4) is 0 Å². The minimum atomic E-state index is 0.651. The van der Waals surface area contributed by atoms with Gasteiger partial charge < -0.3 is 20.4 Å². The van der Waals surface area contributed by atoms with Crippen molar-refractivity contribution in [3.63, 3.8) is 0 Å². The largest absolute Gasteiger partial charge is 0.369 e. The Morgan fingerprint density at radius 2 is 1.58 bits per heavy atom. The highest BCUT2D eigenvalue weighted by molar-refractivity contribution is 7.80. The lowest BCUT2D eigenvalue weighted by molar-refractivity contribution is 0.313. The minimum absolute atomic E-state index is 0.651. The monoisotopic (exact) mass is 368 g/mol. The number of rotatable bonds is 4. The quantitative estimate of drug-likeness (QED) is 0.806. The Kier molecular flexibility index (Phi) is 6.12. The van der Waals surface area contributed by atoms with Crippen LogP contribution in [0, 0.1) is 13.8 Å². The van der Waals surface area contributed by atoms with Crippen molar-refractivity contribution in [1.82, 2.24) is 10.2 Å². The average molecular weight is 369 g/mol. The third-order valence-electron chi connectivity index (χ3n) is 4.74. The second kappa shape index (κ2) is 8.52. The van der Waals surface area contributed by atoms with Crippen molar-refractivity contribution in [3.8, 4) is 0 Å². The third-order valence-corrected chi connectivity index (χ3v) is 4.98. The Morgan fingerprint density at radius 3 is 2.19 bits per heavy atom. The predicted octanol–water partition coefficient (Wildman–Crippen LogP) is 3.54. The van der Waals surface area contributed by atoms with E-state index in [0.717, 1.165) is 38.4 Å². The summed E-state index contributed by atoms with van der Waals surface area (Å²) < 4.78 is 0. The Labute approximate surface area is 162 Å². The number of likely N-dealkylation sites (N-methyl/N-ethyl adjacent to an activating group) is 1. The number of thiocarbonyl (C=S) groups is 1. The van der Waals surface area contributed by atoms with Crippen LogP contribution in [0.15, 0.2) is 42.5 Å². The number of hydrogen-bond donors (Lipinski definition) is 2. The molecule has 2 aromatic carbocycles. The molecule has 0 amide bonds. The summed E-state index contributed by atoms with van der Waals surface area (Å²) in [7, 11) is 2.18. The lowest BCUT2D eigenvalue weighted by atomic mass is 10.1. The smallest absolute Gasteiger partial charge is 0.171 e. The molecule has 2 N–H and O–H groups in total. The minimum Gasteiger partial charge on any atom is -0.369 e. The number of piperazine rings is 1. The Morgan fingerprint density at radius 1 is 0.962 bits per heavy atom. The van der Waals surface area contributed by atoms with Gasteiger partial charge in [0, 0.05) is 44.1 Å². The molecule has 138 valence electrons. The van der Waals surface area contributed by atoms with Crippen LogP contribution in [0.2, 0.25) is 0 Å². The second-order valence-electron chi connectivity index (χ2n) is 7.14. The van der Waals surface area contributed by atoms with E-state index < -0.39 is 0 Å². The molecule has 1 heterocycles. The maximum Gasteiger partial charge on any atom is 0.171 e. The van der Waals surface area contributed by atoms with Crippen LogP contribution >= 0.6 is 12.2 Å². The van der Waals surface area contributed by atoms with Gasteiger partial charge in [-0.05, 0) is 74.1 Å². The van der Waals surface area contributed by atoms with Crippen molar-refractivity contribution < 1.29 is 0 Å². The highest BCUT2D eigenvalue weighted by atomic mass is 32.1. The molecule has 0 aliphatic carbocycles. The maximum atomic E-state index is 5.43. The summed E-state index contributed by atoms with van der Waals surface area (Å²) >= 11 is 5.43. The van der Waals surface area contributed by atoms with E-state index in [1.807, 2.05) is 0 Å². The summed E-state index contributed by atoms with van der Waals surface area (Å²) in [5.41, 5.74) is 6.03. The van der Waals surface area contributed by atoms with Crippen LogP contribution in [-0.2, 0) is 6.54 Å². The molecular formula is C21H28N4S. The van der Waals surface area contributed by atoms with Gasteiger partial charge in [-0.25, -0.2) is 0 Å². The first kappa shape index (κ1) is 18.7. The molecule has 1 saturated heterocycles. The maximum absolute atomic E-state index is 5.43. The van der Waals surface area contributed by atoms with E-state index in [0.29, 0.717) is 5.11 Å². The number of hydrogen-bond acceptors (Lipinski definition) is 3. The lowest BCUT2D eigenvalue weighted by Gasteiger charge is -2.34. The number of anilines is 2. The molecule has 4 nitrogen and oxygen atoms in total. The van der Waals surface area contributed by atoms with Crippen LogP contribution < -0.4 is 15.5 Å². The van der Waals surface area contributed by atoms with E-state index in [4.69, 9.17) is 12.2 Å². The van der Waals surface area contributed by atoms with Gasteiger partial charge in [-0.1, -0.05) is 18.2 Å². The zero-order valence-corrected chi connectivity index (χ0v) is 16.7. The van der Waals surface area contributed by atoms with Gasteiger partial charge in [0.1, 0.15) is 0 Å². The van der Waals surface area contributed by atoms with Crippen molar-refractivity contribution >= 4 is 28.7 Å². The second-order valence-corrected chi connectivity index (χ2v) is 7.55. The first-order valence-electron chi connectivity index (χ1n) is 9.15. The van der Waals surface area contributed by atoms with Gasteiger partial charge >= 0.3 is 0 Å². The van der Waals surface area contributed by atoms with E-state index in [1.54, 1.807) is 0 Å². The van der Waals surface area contributed by atoms with E-state index in [1.165, 1.54) is 22.4 Å². The summed E-state index contributed by atoms with van der Waals surface area (Å²) in [6.45, 7) is 9.35. The van der Waals surface area contributed by atoms with Crippen molar-refractivity contribution in [3.05, 3.63) is 59.2 Å². The molecule has 0 bridgehead atoms. The Hall–Kier alpha value is -2.11. The highest BCUT2D eigenvalue weighted by Crippen LogP contribution is 2.17. The predicted molar refractivity (Wildman–Crippen MR) is 115 cm³/mol. The molecule has 0 saturated carbocycles. The molecule has 1 fully saturated rings. The summed E-state index contributed by atoms with van der Waals surface area (Å²) in [4.78, 5) is 4.82. The van der Waals surface area contributed by atoms with E-state index in [9.17, 15) is 0 Å². The van der Waals surface area contributed by atoms with Crippen LogP contribution in [0.25, 0.3) is 0 Å². The first-order valence-corrected chi connectivity index (χ1v) is 9.56. The molecule has 1 aliphatic rings. The van der Waals surface area contributed by atoms with Gasteiger partial charge in [-0.15, -0.1) is 0 Å². The van der Waals surface area contributed by atoms with Gasteiger partial charge in [-0.3, -0.25) is 0 Å². The normalized spacial score (nSPS) is 15.0. The fourth-order valence-electron chi connectivity index (χ4n) is 3.29. The van der Waals surface area contributed by atoms with Crippen molar-refractivity contribution in [2.24, 2.45) is 0 Å². The number of nitrogens with one attached hydrogen (secondary N) is 2. The highest BCUT2D eigenvalue weighted by Gasteiger charge is 2.13. The first-order chi connectivity index (χ1) is 12.5. The lowest BCUT2D eigenvalue weighted by Crippen LogP contribution is -2.44. The van der Waals surface area contributed by atoms with Crippen LogP contribution in [0.4, 0.5) is 11.4 Å². The zero-order chi connectivity index (χ0) is 18.5. The molecule has 0 atom stereocenters. The van der Waals surface area contributed by atoms with Crippen molar-refractivity contribution in [1.29, 1.82) is 0 Å². The van der Waals surface area contributed by atoms with Gasteiger partial charge in [0.2, 0.25) is 0 Å². The standard InChI is InChI=1S/C21H28N4S/c1-16-12-17(2)14-19(13-16)23-21(26)22-15-18-4-6-20(7-5-18)25-10-8-24(3)9-11-25/h4-7,12-14H,8-11,15H2,1-3H3,(H2,22,23,26). The Balaban J connectivity index is 1.50. The SMILES string of the molecule is Cc1cc(C)cc(NC(=S)NCc2ccc(N3CCN(C)CC3)cc2)c1. The number of nitrogens with zero attached hydrogens (tertiary/aromatic N) is 2. The van der Waals surface area contributed by atoms with Gasteiger partial charge in [0.15, 0.2) is 5.11 Å². The van der Waals surface area contributed by atoms with Crippen LogP contribution in [0.5, 0.6) is 0 Å². The topological polar surface area (TPSA) is 30.5 Å². The molecule has 0 aromatic heterocycles. The van der Waals surface area contributed by atoms with E-state index >= 15 is 0 Å². The molecule has 5 heteroatoms. The zero-order valence-electron chi connectivity index (χ0n) is 15.9. The van der Waals surface area contributed by atoms with E-state index in [-0.39, 0.29) is 0 Å². The fraction of sp³-hybridized carbons (Fsp3) is 0.381. The van der Waals surface area contributed by atoms with Gasteiger partial charge in [0.25, 0.3) is 0 Å². The number of aryl methyl sites for hydroxylation is 2. The molecule has 0 spiro atoms. The van der Waals surface area contributed by atoms with Crippen LogP contribution in [0.1, 0.15) is 16.7 Å². The van der Waals surface area contributed by atoms with Crippen LogP contribution in [-0.4, -0.2) is 43.2 Å². The number of benzene rings is 2. The molecule has 0 unspecified atom stereocenters. The summed E-state index contributed by atoms with van der Waals surface area (Å²) in [5.74, 6) is 0. The average Bonchev–Trinajstić information content (AvgIpc) is 2.60. The van der Waals surface area contributed by atoms with E-state index in [2.05, 4.69) is 83.8 Å². The summed E-state index contributed by atoms with van der Waals surface area (Å²) in [6.07, 6.45) is 0. The Bertz CT molecular complexity index is 729. The summed E-state index contributed by atoms with van der Waals surface area (Å²) in [6, 6.07) is 15.1. The van der Waals surface area contributed by atoms with Crippen molar-refractivity contribution in [2.45, 2.75) is 20.4 Å². The fourth-order valence-corrected chi connectivity index (χ4v) is 3.48. The molecular weight excluding hydrogens is 340 g/mol. The molecule has 2 aromatic rings. The van der Waals surface area contributed by atoms with Crippen molar-refractivity contribution in [2.75, 3.05) is 43.4 Å². The van der Waals surface area contributed by atoms with Gasteiger partial charge in [-0.2, -0.15) is 0 Å². The third kappa shape index (κ3) is 5.19.